The molecule has 2 unspecified atom stereocenters. The van der Waals surface area contributed by atoms with Gasteiger partial charge >= 0.3 is 5.69 Å². The molecule has 4 aliphatic heterocycles. The van der Waals surface area contributed by atoms with E-state index in [2.05, 4.69) is 27.1 Å². The van der Waals surface area contributed by atoms with Gasteiger partial charge in [-0.15, -0.1) is 0 Å². The van der Waals surface area contributed by atoms with Gasteiger partial charge in [-0.3, -0.25) is 19.2 Å². The Kier molecular flexibility index (Phi) is 7.43. The van der Waals surface area contributed by atoms with Gasteiger partial charge in [-0.25, -0.2) is 9.36 Å². The van der Waals surface area contributed by atoms with Crippen molar-refractivity contribution in [3.63, 3.8) is 0 Å². The maximum absolute atomic E-state index is 13.5. The topological polar surface area (TPSA) is 95.0 Å². The van der Waals surface area contributed by atoms with Crippen LogP contribution in [0.4, 0.5) is 0 Å². The molecule has 8 rings (SSSR count). The molecule has 4 aliphatic rings. The molecule has 2 atom stereocenters. The van der Waals surface area contributed by atoms with Crippen LogP contribution in [0.3, 0.4) is 0 Å². The molecule has 0 N–H and O–H groups in total. The maximum Gasteiger partial charge on any atom is 0.337 e. The highest BCUT2D eigenvalue weighted by atomic mass is 16.5. The van der Waals surface area contributed by atoms with Crippen molar-refractivity contribution in [3.8, 4) is 11.6 Å². The van der Waals surface area contributed by atoms with Gasteiger partial charge in [0.1, 0.15) is 5.75 Å². The lowest BCUT2D eigenvalue weighted by molar-refractivity contribution is -0.0413. The van der Waals surface area contributed by atoms with Crippen molar-refractivity contribution in [1.82, 2.24) is 24.1 Å². The molecular formula is C32H37N5O5. The Morgan fingerprint density at radius 1 is 0.881 bits per heavy atom. The first kappa shape index (κ1) is 27.1. The van der Waals surface area contributed by atoms with Crippen LogP contribution in [0, 0.1) is 5.92 Å². The molecule has 0 radical (unpaired) electrons. The summed E-state index contributed by atoms with van der Waals surface area (Å²) in [7, 11) is 1.60. The summed E-state index contributed by atoms with van der Waals surface area (Å²) < 4.78 is 19.0. The molecule has 4 fully saturated rings. The smallest absolute Gasteiger partial charge is 0.337 e. The van der Waals surface area contributed by atoms with Gasteiger partial charge in [0.2, 0.25) is 0 Å². The van der Waals surface area contributed by atoms with E-state index < -0.39 is 5.69 Å². The average Bonchev–Trinajstić information content (AvgIpc) is 3.44. The molecule has 2 bridgehead atoms. The zero-order valence-electron chi connectivity index (χ0n) is 24.0. The molecule has 0 amide bonds. The number of ether oxygens (including phenoxy) is 2. The number of hydrogen-bond donors (Lipinski definition) is 0. The summed E-state index contributed by atoms with van der Waals surface area (Å²) in [6.07, 6.45) is 6.35. The SMILES string of the molecule is COc1ccc(Cn2c(=O)ccn(-c3noc4ccc(CN5CC6CCC5CN6CC5CCOCC5)cc34)c2=O)cc1. The number of aromatic nitrogens is 3. The third-order valence-corrected chi connectivity index (χ3v) is 9.29. The van der Waals surface area contributed by atoms with Crippen molar-refractivity contribution in [1.29, 1.82) is 0 Å². The fraction of sp³-hybridized carbons (Fsp3) is 0.469. The Hall–Kier alpha value is -3.73. The van der Waals surface area contributed by atoms with E-state index in [0.717, 1.165) is 55.3 Å². The Morgan fingerprint density at radius 2 is 1.62 bits per heavy atom. The van der Waals surface area contributed by atoms with Gasteiger partial charge in [-0.05, 0) is 67.0 Å². The normalized spacial score (nSPS) is 21.7. The summed E-state index contributed by atoms with van der Waals surface area (Å²) in [6.45, 7) is 6.21. The number of nitrogens with zero attached hydrogens (tertiary/aromatic N) is 5. The minimum atomic E-state index is -0.461. The molecule has 2 aromatic carbocycles. The van der Waals surface area contributed by atoms with Crippen LogP contribution in [0.1, 0.15) is 36.8 Å². The fourth-order valence-electron chi connectivity index (χ4n) is 6.90. The summed E-state index contributed by atoms with van der Waals surface area (Å²) in [6, 6.07) is 16.0. The van der Waals surface area contributed by atoms with Crippen LogP contribution in [0.15, 0.2) is 68.8 Å². The molecule has 0 aliphatic carbocycles. The predicted octanol–water partition coefficient (Wildman–Crippen LogP) is 3.27. The molecule has 0 saturated carbocycles. The minimum Gasteiger partial charge on any atom is -0.497 e. The molecule has 10 nitrogen and oxygen atoms in total. The standard InChI is InChI=1S/C32H37N5O5/c1-40-27-7-2-22(3-8-27)19-37-30(38)10-13-36(32(37)39)31-28-16-24(4-9-29(28)42-33-31)18-35-21-25-5-6-26(35)20-34(25)17-23-11-14-41-15-12-23/h2-4,7-10,13,16,23,25-26H,5-6,11-12,14-15,17-21H2,1H3. The molecule has 6 heterocycles. The van der Waals surface area contributed by atoms with Crippen LogP contribution in [0.5, 0.6) is 5.75 Å². The summed E-state index contributed by atoms with van der Waals surface area (Å²) in [5.41, 5.74) is 1.76. The largest absolute Gasteiger partial charge is 0.497 e. The van der Waals surface area contributed by atoms with E-state index in [4.69, 9.17) is 14.0 Å². The number of benzene rings is 2. The number of piperidine rings is 2. The van der Waals surface area contributed by atoms with Crippen molar-refractivity contribution in [2.45, 2.75) is 50.9 Å². The van der Waals surface area contributed by atoms with Gasteiger partial charge in [0.05, 0.1) is 19.0 Å². The van der Waals surface area contributed by atoms with E-state index in [1.807, 2.05) is 30.3 Å². The quantitative estimate of drug-likeness (QED) is 0.318. The zero-order chi connectivity index (χ0) is 28.6. The molecular weight excluding hydrogens is 534 g/mol. The molecule has 0 spiro atoms. The van der Waals surface area contributed by atoms with Gasteiger partial charge in [-0.1, -0.05) is 23.4 Å². The number of rotatable bonds is 8. The highest BCUT2D eigenvalue weighted by molar-refractivity contribution is 5.84. The lowest BCUT2D eigenvalue weighted by Crippen LogP contribution is -2.62. The van der Waals surface area contributed by atoms with Crippen molar-refractivity contribution < 1.29 is 14.0 Å². The van der Waals surface area contributed by atoms with Crippen LogP contribution < -0.4 is 16.0 Å². The lowest BCUT2D eigenvalue weighted by Gasteiger charge is -2.52. The van der Waals surface area contributed by atoms with E-state index in [0.29, 0.717) is 29.2 Å². The predicted molar refractivity (Wildman–Crippen MR) is 158 cm³/mol. The van der Waals surface area contributed by atoms with Gasteiger partial charge in [-0.2, -0.15) is 0 Å². The van der Waals surface area contributed by atoms with Gasteiger partial charge in [0.25, 0.3) is 5.56 Å². The maximum atomic E-state index is 13.5. The van der Waals surface area contributed by atoms with Crippen molar-refractivity contribution in [3.05, 3.63) is 86.7 Å². The molecule has 10 heteroatoms. The minimum absolute atomic E-state index is 0.145. The molecule has 2 aromatic heterocycles. The first-order chi connectivity index (χ1) is 20.6. The third-order valence-electron chi connectivity index (χ3n) is 9.29. The van der Waals surface area contributed by atoms with E-state index in [-0.39, 0.29) is 12.1 Å². The Bertz CT molecular complexity index is 1670. The van der Waals surface area contributed by atoms with Crippen LogP contribution >= 0.6 is 0 Å². The van der Waals surface area contributed by atoms with E-state index in [9.17, 15) is 9.59 Å². The van der Waals surface area contributed by atoms with Gasteiger partial charge < -0.3 is 14.0 Å². The summed E-state index contributed by atoms with van der Waals surface area (Å²) in [5, 5.41) is 5.00. The average molecular weight is 572 g/mol. The Balaban J connectivity index is 1.10. The molecule has 4 aromatic rings. The van der Waals surface area contributed by atoms with E-state index in [1.165, 1.54) is 53.6 Å². The highest BCUT2D eigenvalue weighted by Gasteiger charge is 2.39. The Labute approximate surface area is 244 Å². The van der Waals surface area contributed by atoms with Crippen LogP contribution in [-0.4, -0.2) is 76.1 Å². The first-order valence-electron chi connectivity index (χ1n) is 15.0. The number of fused-ring (bicyclic) bond motifs is 4. The molecule has 220 valence electrons. The second-order valence-electron chi connectivity index (χ2n) is 11.9. The van der Waals surface area contributed by atoms with Gasteiger partial charge in [0, 0.05) is 63.7 Å². The zero-order valence-corrected chi connectivity index (χ0v) is 24.0. The highest BCUT2D eigenvalue weighted by Crippen LogP contribution is 2.32. The Morgan fingerprint density at radius 3 is 2.36 bits per heavy atom. The van der Waals surface area contributed by atoms with Crippen molar-refractivity contribution in [2.24, 2.45) is 5.92 Å². The number of hydrogen-bond acceptors (Lipinski definition) is 8. The molecule has 42 heavy (non-hydrogen) atoms. The van der Waals surface area contributed by atoms with E-state index >= 15 is 0 Å². The second kappa shape index (κ2) is 11.5. The fourth-order valence-corrected chi connectivity index (χ4v) is 6.90. The summed E-state index contributed by atoms with van der Waals surface area (Å²) in [4.78, 5) is 31.6. The lowest BCUT2D eigenvalue weighted by atomic mass is 9.88. The van der Waals surface area contributed by atoms with Crippen LogP contribution in [0.2, 0.25) is 0 Å². The van der Waals surface area contributed by atoms with Crippen LogP contribution in [0.25, 0.3) is 16.8 Å². The van der Waals surface area contributed by atoms with Crippen LogP contribution in [-0.2, 0) is 17.8 Å². The summed E-state index contributed by atoms with van der Waals surface area (Å²) in [5.74, 6) is 1.87. The third kappa shape index (κ3) is 5.30. The first-order valence-corrected chi connectivity index (χ1v) is 15.0. The van der Waals surface area contributed by atoms with Crippen molar-refractivity contribution >= 4 is 11.0 Å². The number of methoxy groups -OCH3 is 1. The monoisotopic (exact) mass is 571 g/mol. The summed E-state index contributed by atoms with van der Waals surface area (Å²) >= 11 is 0. The number of piperazine rings is 1. The van der Waals surface area contributed by atoms with Gasteiger partial charge in [0.15, 0.2) is 11.4 Å². The van der Waals surface area contributed by atoms with Crippen molar-refractivity contribution in [2.75, 3.05) is 40.0 Å². The van der Waals surface area contributed by atoms with E-state index in [1.54, 1.807) is 7.11 Å². The second-order valence-corrected chi connectivity index (χ2v) is 11.9. The molecule has 4 saturated heterocycles.